The molecule has 90 valence electrons. The molecule has 1 fully saturated rings. The van der Waals surface area contributed by atoms with Crippen LogP contribution in [0.5, 0.6) is 0 Å². The summed E-state index contributed by atoms with van der Waals surface area (Å²) in [5, 5.41) is 3.44. The summed E-state index contributed by atoms with van der Waals surface area (Å²) in [5.74, 6) is 1.70. The van der Waals surface area contributed by atoms with E-state index in [-0.39, 0.29) is 0 Å². The van der Waals surface area contributed by atoms with Crippen LogP contribution in [0.3, 0.4) is 0 Å². The average Bonchev–Trinajstić information content (AvgIpc) is 2.83. The lowest BCUT2D eigenvalue weighted by atomic mass is 9.99. The number of imidazole rings is 1. The van der Waals surface area contributed by atoms with Gasteiger partial charge in [-0.25, -0.2) is 4.98 Å². The third-order valence-corrected chi connectivity index (χ3v) is 3.57. The number of hydrogen-bond donors (Lipinski definition) is 2. The average molecular weight is 230 g/mol. The van der Waals surface area contributed by atoms with Gasteiger partial charge in [-0.05, 0) is 31.0 Å². The van der Waals surface area contributed by atoms with Crippen molar-refractivity contribution in [3.8, 4) is 0 Å². The van der Waals surface area contributed by atoms with Crippen molar-refractivity contribution in [2.45, 2.75) is 25.3 Å². The van der Waals surface area contributed by atoms with Crippen LogP contribution < -0.4 is 11.1 Å². The molecule has 1 unspecified atom stereocenters. The van der Waals surface area contributed by atoms with E-state index in [2.05, 4.69) is 33.0 Å². The number of rotatable bonds is 2. The first-order chi connectivity index (χ1) is 8.40. The second kappa shape index (κ2) is 4.47. The van der Waals surface area contributed by atoms with E-state index in [4.69, 9.17) is 5.73 Å². The number of piperidine rings is 1. The van der Waals surface area contributed by atoms with E-state index in [1.54, 1.807) is 0 Å². The molecule has 4 heteroatoms. The standard InChI is InChI=1S/C13H18N4/c14-7-10-4-2-6-17-12(10)9-16-13(17)11-3-1-5-15-8-11/h2,4,6,9,11,15H,1,3,5,7-8,14H2. The fourth-order valence-electron chi connectivity index (χ4n) is 2.65. The lowest BCUT2D eigenvalue weighted by molar-refractivity contribution is 0.445. The van der Waals surface area contributed by atoms with Crippen LogP contribution in [-0.2, 0) is 6.54 Å². The van der Waals surface area contributed by atoms with Crippen LogP contribution in [0.2, 0.25) is 0 Å². The molecular formula is C13H18N4. The summed E-state index contributed by atoms with van der Waals surface area (Å²) in [6.45, 7) is 2.73. The Bertz CT molecular complexity index is 511. The predicted molar refractivity (Wildman–Crippen MR) is 67.9 cm³/mol. The summed E-state index contributed by atoms with van der Waals surface area (Å²) in [5.41, 5.74) is 8.06. The molecular weight excluding hydrogens is 212 g/mol. The molecule has 1 saturated heterocycles. The Kier molecular flexibility index (Phi) is 2.82. The summed E-state index contributed by atoms with van der Waals surface area (Å²) in [7, 11) is 0. The van der Waals surface area contributed by atoms with Crippen LogP contribution in [0.1, 0.15) is 30.1 Å². The summed E-state index contributed by atoms with van der Waals surface area (Å²) in [6, 6.07) is 4.12. The van der Waals surface area contributed by atoms with E-state index < -0.39 is 0 Å². The third kappa shape index (κ3) is 1.83. The molecule has 1 atom stereocenters. The fraction of sp³-hybridized carbons (Fsp3) is 0.462. The van der Waals surface area contributed by atoms with E-state index in [1.807, 2.05) is 6.20 Å². The molecule has 0 saturated carbocycles. The van der Waals surface area contributed by atoms with E-state index in [1.165, 1.54) is 18.7 Å². The van der Waals surface area contributed by atoms with Gasteiger partial charge < -0.3 is 15.5 Å². The smallest absolute Gasteiger partial charge is 0.117 e. The molecule has 4 nitrogen and oxygen atoms in total. The highest BCUT2D eigenvalue weighted by atomic mass is 15.0. The van der Waals surface area contributed by atoms with Crippen molar-refractivity contribution >= 4 is 5.52 Å². The first-order valence-corrected chi connectivity index (χ1v) is 6.26. The molecule has 0 bridgehead atoms. The van der Waals surface area contributed by atoms with Crippen molar-refractivity contribution < 1.29 is 0 Å². The molecule has 3 rings (SSSR count). The molecule has 0 aliphatic carbocycles. The number of nitrogens with zero attached hydrogens (tertiary/aromatic N) is 2. The molecule has 2 aromatic rings. The number of aromatic nitrogens is 2. The van der Waals surface area contributed by atoms with Gasteiger partial charge in [-0.1, -0.05) is 6.07 Å². The topological polar surface area (TPSA) is 55.4 Å². The van der Waals surface area contributed by atoms with E-state index in [9.17, 15) is 0 Å². The van der Waals surface area contributed by atoms with E-state index in [0.717, 1.165) is 24.2 Å². The SMILES string of the molecule is NCc1cccn2c(C3CCCNC3)ncc12. The summed E-state index contributed by atoms with van der Waals surface area (Å²) >= 11 is 0. The second-order valence-corrected chi connectivity index (χ2v) is 4.65. The zero-order chi connectivity index (χ0) is 11.7. The Hall–Kier alpha value is -1.39. The van der Waals surface area contributed by atoms with Gasteiger partial charge in [0.15, 0.2) is 0 Å². The van der Waals surface area contributed by atoms with Gasteiger partial charge in [0.1, 0.15) is 5.82 Å². The van der Waals surface area contributed by atoms with Crippen molar-refractivity contribution in [2.75, 3.05) is 13.1 Å². The highest BCUT2D eigenvalue weighted by Crippen LogP contribution is 2.24. The second-order valence-electron chi connectivity index (χ2n) is 4.65. The molecule has 0 amide bonds. The Labute approximate surface area is 101 Å². The molecule has 3 N–H and O–H groups in total. The van der Waals surface area contributed by atoms with Crippen molar-refractivity contribution in [3.63, 3.8) is 0 Å². The van der Waals surface area contributed by atoms with E-state index in [0.29, 0.717) is 12.5 Å². The first kappa shape index (κ1) is 10.7. The van der Waals surface area contributed by atoms with Crippen LogP contribution in [-0.4, -0.2) is 22.5 Å². The monoisotopic (exact) mass is 230 g/mol. The first-order valence-electron chi connectivity index (χ1n) is 6.26. The minimum Gasteiger partial charge on any atom is -0.326 e. The zero-order valence-corrected chi connectivity index (χ0v) is 9.89. The summed E-state index contributed by atoms with van der Waals surface area (Å²) in [6.07, 6.45) is 6.49. The maximum atomic E-state index is 5.75. The minimum absolute atomic E-state index is 0.527. The van der Waals surface area contributed by atoms with Gasteiger partial charge in [0.05, 0.1) is 11.7 Å². The lowest BCUT2D eigenvalue weighted by Crippen LogP contribution is -2.29. The maximum absolute atomic E-state index is 5.75. The number of nitrogens with one attached hydrogen (secondary N) is 1. The number of hydrogen-bond acceptors (Lipinski definition) is 3. The van der Waals surface area contributed by atoms with Crippen LogP contribution in [0, 0.1) is 0 Å². The van der Waals surface area contributed by atoms with Crippen molar-refractivity contribution in [1.82, 2.24) is 14.7 Å². The molecule has 3 heterocycles. The van der Waals surface area contributed by atoms with Crippen molar-refractivity contribution in [3.05, 3.63) is 35.9 Å². The van der Waals surface area contributed by atoms with Gasteiger partial charge in [0.25, 0.3) is 0 Å². The Morgan fingerprint density at radius 3 is 3.24 bits per heavy atom. The highest BCUT2D eigenvalue weighted by molar-refractivity contribution is 5.54. The molecule has 0 aromatic carbocycles. The maximum Gasteiger partial charge on any atom is 0.117 e. The van der Waals surface area contributed by atoms with E-state index >= 15 is 0 Å². The number of nitrogens with two attached hydrogens (primary N) is 1. The molecule has 0 spiro atoms. The van der Waals surface area contributed by atoms with Gasteiger partial charge in [0.2, 0.25) is 0 Å². The lowest BCUT2D eigenvalue weighted by Gasteiger charge is -2.21. The van der Waals surface area contributed by atoms with Gasteiger partial charge in [-0.3, -0.25) is 0 Å². The Morgan fingerprint density at radius 1 is 1.53 bits per heavy atom. The molecule has 1 aliphatic rings. The summed E-state index contributed by atoms with van der Waals surface area (Å²) < 4.78 is 2.19. The number of pyridine rings is 1. The Morgan fingerprint density at radius 2 is 2.47 bits per heavy atom. The van der Waals surface area contributed by atoms with Gasteiger partial charge >= 0.3 is 0 Å². The normalized spacial score (nSPS) is 20.9. The molecule has 1 aliphatic heterocycles. The van der Waals surface area contributed by atoms with Crippen molar-refractivity contribution in [1.29, 1.82) is 0 Å². The molecule has 0 radical (unpaired) electrons. The van der Waals surface area contributed by atoms with Gasteiger partial charge in [-0.15, -0.1) is 0 Å². The molecule has 17 heavy (non-hydrogen) atoms. The number of fused-ring (bicyclic) bond motifs is 1. The van der Waals surface area contributed by atoms with Gasteiger partial charge in [-0.2, -0.15) is 0 Å². The zero-order valence-electron chi connectivity index (χ0n) is 9.89. The highest BCUT2D eigenvalue weighted by Gasteiger charge is 2.19. The van der Waals surface area contributed by atoms with Crippen molar-refractivity contribution in [2.24, 2.45) is 5.73 Å². The predicted octanol–water partition coefficient (Wildman–Crippen LogP) is 1.26. The van der Waals surface area contributed by atoms with Crippen LogP contribution >= 0.6 is 0 Å². The summed E-state index contributed by atoms with van der Waals surface area (Å²) in [4.78, 5) is 4.60. The van der Waals surface area contributed by atoms with Gasteiger partial charge in [0, 0.05) is 25.2 Å². The fourth-order valence-corrected chi connectivity index (χ4v) is 2.65. The Balaban J connectivity index is 2.05. The third-order valence-electron chi connectivity index (χ3n) is 3.57. The van der Waals surface area contributed by atoms with Crippen LogP contribution in [0.15, 0.2) is 24.5 Å². The van der Waals surface area contributed by atoms with Crippen LogP contribution in [0.4, 0.5) is 0 Å². The minimum atomic E-state index is 0.527. The largest absolute Gasteiger partial charge is 0.326 e. The quantitative estimate of drug-likeness (QED) is 0.816. The molecule has 2 aromatic heterocycles. The van der Waals surface area contributed by atoms with Crippen LogP contribution in [0.25, 0.3) is 5.52 Å².